The molecule has 78 valence electrons. The molecule has 0 saturated carbocycles. The van der Waals surface area contributed by atoms with Gasteiger partial charge in [-0.15, -0.1) is 0 Å². The highest BCUT2D eigenvalue weighted by Gasteiger charge is 2.29. The molecule has 1 aromatic rings. The Morgan fingerprint density at radius 2 is 1.71 bits per heavy atom. The lowest BCUT2D eigenvalue weighted by Crippen LogP contribution is -2.41. The van der Waals surface area contributed by atoms with E-state index in [1.165, 1.54) is 6.92 Å². The predicted molar refractivity (Wildman–Crippen MR) is 53.8 cm³/mol. The normalized spacial score (nSPS) is 13.4. The van der Waals surface area contributed by atoms with Gasteiger partial charge in [-0.25, -0.2) is 4.79 Å². The van der Waals surface area contributed by atoms with Gasteiger partial charge in [0.1, 0.15) is 5.54 Å². The van der Waals surface area contributed by atoms with Gasteiger partial charge in [-0.1, -0.05) is 30.3 Å². The molecule has 0 aromatic heterocycles. The summed E-state index contributed by atoms with van der Waals surface area (Å²) in [6.45, 7) is 1.48. The molecule has 4 heteroatoms. The number of hydrogen-bond donors (Lipinski definition) is 3. The van der Waals surface area contributed by atoms with Crippen LogP contribution in [0.2, 0.25) is 0 Å². The molecule has 1 aromatic carbocycles. The van der Waals surface area contributed by atoms with Crippen LogP contribution in [0.15, 0.2) is 30.3 Å². The Bertz CT molecular complexity index is 283. The minimum Gasteiger partial charge on any atom is -0.480 e. The van der Waals surface area contributed by atoms with Crippen molar-refractivity contribution in [2.45, 2.75) is 12.5 Å². The Labute approximate surface area is 83.0 Å². The first-order valence-electron chi connectivity index (χ1n) is 4.07. The molecule has 14 heavy (non-hydrogen) atoms. The molecule has 0 aliphatic rings. The number of carboxylic acids is 1. The Hall–Kier alpha value is -1.39. The third-order valence-corrected chi connectivity index (χ3v) is 1.82. The van der Waals surface area contributed by atoms with E-state index in [0.717, 1.165) is 7.11 Å². The Morgan fingerprint density at radius 1 is 1.29 bits per heavy atom. The molecular weight excluding hydrogens is 182 g/mol. The van der Waals surface area contributed by atoms with Gasteiger partial charge in [0.2, 0.25) is 0 Å². The van der Waals surface area contributed by atoms with Crippen LogP contribution in [0, 0.1) is 0 Å². The zero-order valence-corrected chi connectivity index (χ0v) is 8.27. The summed E-state index contributed by atoms with van der Waals surface area (Å²) >= 11 is 0. The van der Waals surface area contributed by atoms with E-state index in [1.807, 2.05) is 6.07 Å². The van der Waals surface area contributed by atoms with Crippen molar-refractivity contribution in [2.75, 3.05) is 7.11 Å². The second kappa shape index (κ2) is 5.36. The van der Waals surface area contributed by atoms with Crippen LogP contribution in [0.4, 0.5) is 0 Å². The predicted octanol–water partition coefficient (Wildman–Crippen LogP) is 0.554. The van der Waals surface area contributed by atoms with Crippen molar-refractivity contribution in [3.63, 3.8) is 0 Å². The summed E-state index contributed by atoms with van der Waals surface area (Å²) in [6, 6.07) is 8.76. The number of benzene rings is 1. The Kier molecular flexibility index (Phi) is 4.83. The third kappa shape index (κ3) is 2.83. The Balaban J connectivity index is 0.000000791. The van der Waals surface area contributed by atoms with Gasteiger partial charge in [-0.05, 0) is 12.5 Å². The van der Waals surface area contributed by atoms with E-state index < -0.39 is 11.5 Å². The van der Waals surface area contributed by atoms with Crippen LogP contribution in [0.1, 0.15) is 12.5 Å². The molecule has 4 nitrogen and oxygen atoms in total. The molecule has 0 aliphatic carbocycles. The highest BCUT2D eigenvalue weighted by molar-refractivity contribution is 5.79. The van der Waals surface area contributed by atoms with E-state index in [9.17, 15) is 4.79 Å². The molecule has 4 N–H and O–H groups in total. The minimum absolute atomic E-state index is 0.609. The standard InChI is InChI=1S/C9H11NO2.CH4O/c1-9(10,8(11)12)7-5-3-2-4-6-7;1-2/h2-6H,10H2,1H3,(H,11,12);2H,1H3. The quantitative estimate of drug-likeness (QED) is 0.646. The van der Waals surface area contributed by atoms with Crippen molar-refractivity contribution in [3.05, 3.63) is 35.9 Å². The van der Waals surface area contributed by atoms with Crippen molar-refractivity contribution < 1.29 is 15.0 Å². The smallest absolute Gasteiger partial charge is 0.328 e. The molecule has 0 amide bonds. The summed E-state index contributed by atoms with van der Waals surface area (Å²) in [5.74, 6) is -1.02. The van der Waals surface area contributed by atoms with Crippen molar-refractivity contribution >= 4 is 5.97 Å². The molecule has 0 aliphatic heterocycles. The number of rotatable bonds is 2. The van der Waals surface area contributed by atoms with E-state index in [0.29, 0.717) is 5.56 Å². The minimum atomic E-state index is -1.29. The maximum absolute atomic E-state index is 10.7. The van der Waals surface area contributed by atoms with Gasteiger partial charge in [0.15, 0.2) is 0 Å². The SMILES string of the molecule is CC(N)(C(=O)O)c1ccccc1.CO. The van der Waals surface area contributed by atoms with Gasteiger partial charge in [-0.3, -0.25) is 0 Å². The molecule has 0 radical (unpaired) electrons. The fourth-order valence-electron chi connectivity index (χ4n) is 0.908. The average Bonchev–Trinajstić information content (AvgIpc) is 2.22. The van der Waals surface area contributed by atoms with Crippen LogP contribution in [0.5, 0.6) is 0 Å². The second-order valence-corrected chi connectivity index (χ2v) is 2.87. The first-order valence-corrected chi connectivity index (χ1v) is 4.07. The van der Waals surface area contributed by atoms with Gasteiger partial charge < -0.3 is 15.9 Å². The van der Waals surface area contributed by atoms with Crippen molar-refractivity contribution in [1.82, 2.24) is 0 Å². The van der Waals surface area contributed by atoms with Crippen LogP contribution in [-0.4, -0.2) is 23.3 Å². The maximum atomic E-state index is 10.7. The summed E-state index contributed by atoms with van der Waals surface area (Å²) in [4.78, 5) is 10.7. The second-order valence-electron chi connectivity index (χ2n) is 2.87. The molecular formula is C10H15NO3. The molecule has 0 saturated heterocycles. The summed E-state index contributed by atoms with van der Waals surface area (Å²) < 4.78 is 0. The lowest BCUT2D eigenvalue weighted by molar-refractivity contribution is -0.143. The maximum Gasteiger partial charge on any atom is 0.328 e. The van der Waals surface area contributed by atoms with Crippen LogP contribution in [0.3, 0.4) is 0 Å². The van der Waals surface area contributed by atoms with Crippen molar-refractivity contribution in [3.8, 4) is 0 Å². The van der Waals surface area contributed by atoms with Crippen LogP contribution < -0.4 is 5.73 Å². The number of hydrogen-bond acceptors (Lipinski definition) is 3. The molecule has 0 bridgehead atoms. The van der Waals surface area contributed by atoms with Crippen LogP contribution in [0.25, 0.3) is 0 Å². The average molecular weight is 197 g/mol. The summed E-state index contributed by atoms with van der Waals surface area (Å²) in [6.07, 6.45) is 0. The summed E-state index contributed by atoms with van der Waals surface area (Å²) in [5, 5.41) is 15.8. The first-order chi connectivity index (χ1) is 6.55. The highest BCUT2D eigenvalue weighted by atomic mass is 16.4. The molecule has 1 rings (SSSR count). The van der Waals surface area contributed by atoms with Gasteiger partial charge in [0, 0.05) is 7.11 Å². The van der Waals surface area contributed by atoms with Gasteiger partial charge >= 0.3 is 5.97 Å². The number of aliphatic carboxylic acids is 1. The van der Waals surface area contributed by atoms with Gasteiger partial charge in [0.05, 0.1) is 0 Å². The van der Waals surface area contributed by atoms with Crippen LogP contribution >= 0.6 is 0 Å². The van der Waals surface area contributed by atoms with E-state index in [2.05, 4.69) is 0 Å². The number of carbonyl (C=O) groups is 1. The largest absolute Gasteiger partial charge is 0.480 e. The molecule has 0 spiro atoms. The van der Waals surface area contributed by atoms with E-state index in [1.54, 1.807) is 24.3 Å². The lowest BCUT2D eigenvalue weighted by Gasteiger charge is -2.18. The first kappa shape index (κ1) is 12.6. The molecule has 0 heterocycles. The third-order valence-electron chi connectivity index (χ3n) is 1.82. The zero-order chi connectivity index (χ0) is 11.2. The number of aliphatic hydroxyl groups is 1. The fraction of sp³-hybridized carbons (Fsp3) is 0.300. The van der Waals surface area contributed by atoms with Gasteiger partial charge in [0.25, 0.3) is 0 Å². The topological polar surface area (TPSA) is 83.6 Å². The zero-order valence-electron chi connectivity index (χ0n) is 8.27. The van der Waals surface area contributed by atoms with Crippen molar-refractivity contribution in [1.29, 1.82) is 0 Å². The number of aliphatic hydroxyl groups excluding tert-OH is 1. The number of carboxylic acid groups (broad SMARTS) is 1. The monoisotopic (exact) mass is 197 g/mol. The summed E-state index contributed by atoms with van der Waals surface area (Å²) in [7, 11) is 1.00. The summed E-state index contributed by atoms with van der Waals surface area (Å²) in [5.41, 5.74) is 4.90. The van der Waals surface area contributed by atoms with Crippen LogP contribution in [-0.2, 0) is 10.3 Å². The molecule has 1 atom stereocenters. The fourth-order valence-corrected chi connectivity index (χ4v) is 0.908. The van der Waals surface area contributed by atoms with E-state index in [-0.39, 0.29) is 0 Å². The van der Waals surface area contributed by atoms with Gasteiger partial charge in [-0.2, -0.15) is 0 Å². The highest BCUT2D eigenvalue weighted by Crippen LogP contribution is 2.16. The molecule has 1 unspecified atom stereocenters. The lowest BCUT2D eigenvalue weighted by atomic mass is 9.94. The van der Waals surface area contributed by atoms with Crippen molar-refractivity contribution in [2.24, 2.45) is 5.73 Å². The number of nitrogens with two attached hydrogens (primary N) is 1. The molecule has 0 fully saturated rings. The van der Waals surface area contributed by atoms with E-state index >= 15 is 0 Å². The Morgan fingerprint density at radius 3 is 2.07 bits per heavy atom. The van der Waals surface area contributed by atoms with E-state index in [4.69, 9.17) is 15.9 Å².